The van der Waals surface area contributed by atoms with Gasteiger partial charge in [-0.2, -0.15) is 0 Å². The molecular formula is C15H23N3O2. The van der Waals surface area contributed by atoms with Gasteiger partial charge in [-0.3, -0.25) is 0 Å². The third kappa shape index (κ3) is 3.22. The third-order valence-corrected chi connectivity index (χ3v) is 3.77. The monoisotopic (exact) mass is 277 g/mol. The van der Waals surface area contributed by atoms with Crippen LogP contribution in [0.3, 0.4) is 0 Å². The summed E-state index contributed by atoms with van der Waals surface area (Å²) in [5, 5.41) is 3.59. The van der Waals surface area contributed by atoms with Crippen LogP contribution < -0.4 is 15.0 Å². The fourth-order valence-corrected chi connectivity index (χ4v) is 2.56. The first-order chi connectivity index (χ1) is 9.88. The van der Waals surface area contributed by atoms with Crippen LogP contribution in [-0.2, 0) is 4.74 Å². The zero-order valence-electron chi connectivity index (χ0n) is 12.0. The average Bonchev–Trinajstić information content (AvgIpc) is 3.31. The number of pyridine rings is 1. The van der Waals surface area contributed by atoms with E-state index in [4.69, 9.17) is 9.47 Å². The van der Waals surface area contributed by atoms with Gasteiger partial charge in [-0.15, -0.1) is 0 Å². The molecule has 2 heterocycles. The summed E-state index contributed by atoms with van der Waals surface area (Å²) < 4.78 is 11.3. The van der Waals surface area contributed by atoms with E-state index in [0.717, 1.165) is 37.9 Å². The predicted octanol–water partition coefficient (Wildman–Crippen LogP) is 1.44. The van der Waals surface area contributed by atoms with E-state index in [2.05, 4.69) is 15.2 Å². The maximum atomic E-state index is 5.71. The van der Waals surface area contributed by atoms with E-state index in [1.165, 1.54) is 12.8 Å². The van der Waals surface area contributed by atoms with Gasteiger partial charge in [0, 0.05) is 25.3 Å². The molecule has 5 heteroatoms. The third-order valence-electron chi connectivity index (χ3n) is 3.77. The van der Waals surface area contributed by atoms with Crippen LogP contribution in [0.2, 0.25) is 0 Å². The summed E-state index contributed by atoms with van der Waals surface area (Å²) >= 11 is 0. The Labute approximate surface area is 120 Å². The largest absolute Gasteiger partial charge is 0.490 e. The highest BCUT2D eigenvalue weighted by Crippen LogP contribution is 2.28. The molecule has 20 heavy (non-hydrogen) atoms. The van der Waals surface area contributed by atoms with Crippen LogP contribution in [0.4, 0.5) is 5.82 Å². The highest BCUT2D eigenvalue weighted by atomic mass is 16.5. The molecule has 110 valence electrons. The van der Waals surface area contributed by atoms with E-state index >= 15 is 0 Å². The molecule has 3 rings (SSSR count). The van der Waals surface area contributed by atoms with Crippen LogP contribution in [0.25, 0.3) is 0 Å². The topological polar surface area (TPSA) is 46.6 Å². The van der Waals surface area contributed by atoms with Crippen molar-refractivity contribution < 1.29 is 9.47 Å². The van der Waals surface area contributed by atoms with Crippen LogP contribution in [0.15, 0.2) is 18.3 Å². The van der Waals surface area contributed by atoms with Crippen LogP contribution in [0.5, 0.6) is 5.75 Å². The van der Waals surface area contributed by atoms with Gasteiger partial charge in [-0.25, -0.2) is 4.98 Å². The lowest BCUT2D eigenvalue weighted by atomic mass is 10.2. The van der Waals surface area contributed by atoms with Crippen molar-refractivity contribution in [2.45, 2.75) is 31.8 Å². The summed E-state index contributed by atoms with van der Waals surface area (Å²) in [6.07, 6.45) is 4.45. The number of rotatable bonds is 6. The van der Waals surface area contributed by atoms with E-state index in [1.54, 1.807) is 0 Å². The Morgan fingerprint density at radius 3 is 3.20 bits per heavy atom. The summed E-state index contributed by atoms with van der Waals surface area (Å²) in [5.41, 5.74) is 0. The van der Waals surface area contributed by atoms with Gasteiger partial charge >= 0.3 is 0 Å². The second kappa shape index (κ2) is 6.41. The normalized spacial score (nSPS) is 22.9. The molecular weight excluding hydrogens is 254 g/mol. The smallest absolute Gasteiger partial charge is 0.171 e. The molecule has 1 saturated carbocycles. The average molecular weight is 277 g/mol. The number of hydrogen-bond acceptors (Lipinski definition) is 5. The highest BCUT2D eigenvalue weighted by Gasteiger charge is 2.29. The predicted molar refractivity (Wildman–Crippen MR) is 78.4 cm³/mol. The molecule has 0 spiro atoms. The fourth-order valence-electron chi connectivity index (χ4n) is 2.56. The van der Waals surface area contributed by atoms with Crippen molar-refractivity contribution in [3.8, 4) is 5.75 Å². The SMILES string of the molecule is CCOc1cccnc1N1CCOCC1CNC1CC1. The number of anilines is 1. The second-order valence-corrected chi connectivity index (χ2v) is 5.36. The lowest BCUT2D eigenvalue weighted by molar-refractivity contribution is 0.0928. The molecule has 1 aromatic heterocycles. The molecule has 1 aromatic rings. The summed E-state index contributed by atoms with van der Waals surface area (Å²) in [6, 6.07) is 4.96. The molecule has 0 bridgehead atoms. The lowest BCUT2D eigenvalue weighted by Gasteiger charge is -2.37. The van der Waals surface area contributed by atoms with E-state index < -0.39 is 0 Å². The Bertz CT molecular complexity index is 437. The zero-order valence-corrected chi connectivity index (χ0v) is 12.0. The Morgan fingerprint density at radius 2 is 2.40 bits per heavy atom. The van der Waals surface area contributed by atoms with E-state index in [9.17, 15) is 0 Å². The zero-order chi connectivity index (χ0) is 13.8. The summed E-state index contributed by atoms with van der Waals surface area (Å²) in [5.74, 6) is 1.81. The first-order valence-corrected chi connectivity index (χ1v) is 7.54. The van der Waals surface area contributed by atoms with Crippen molar-refractivity contribution in [2.75, 3.05) is 37.8 Å². The molecule has 1 saturated heterocycles. The van der Waals surface area contributed by atoms with Gasteiger partial charge in [0.25, 0.3) is 0 Å². The maximum Gasteiger partial charge on any atom is 0.171 e. The first-order valence-electron chi connectivity index (χ1n) is 7.54. The first kappa shape index (κ1) is 13.6. The van der Waals surface area contributed by atoms with Crippen LogP contribution in [0, 0.1) is 0 Å². The van der Waals surface area contributed by atoms with Gasteiger partial charge in [0.2, 0.25) is 0 Å². The van der Waals surface area contributed by atoms with Crippen LogP contribution in [-0.4, -0.2) is 50.0 Å². The standard InChI is InChI=1S/C15H23N3O2/c1-2-20-14-4-3-7-16-15(14)18-8-9-19-11-13(18)10-17-12-5-6-12/h3-4,7,12-13,17H,2,5-6,8-11H2,1H3. The maximum absolute atomic E-state index is 5.71. The minimum Gasteiger partial charge on any atom is -0.490 e. The van der Waals surface area contributed by atoms with Crippen molar-refractivity contribution in [2.24, 2.45) is 0 Å². The quantitative estimate of drug-likeness (QED) is 0.852. The van der Waals surface area contributed by atoms with Crippen LogP contribution >= 0.6 is 0 Å². The molecule has 5 nitrogen and oxygen atoms in total. The fraction of sp³-hybridized carbons (Fsp3) is 0.667. The van der Waals surface area contributed by atoms with Gasteiger partial charge in [0.1, 0.15) is 0 Å². The van der Waals surface area contributed by atoms with Gasteiger partial charge < -0.3 is 19.7 Å². The molecule has 0 aromatic carbocycles. The number of aromatic nitrogens is 1. The molecule has 2 aliphatic rings. The minimum atomic E-state index is 0.332. The molecule has 1 atom stereocenters. The van der Waals surface area contributed by atoms with Crippen molar-refractivity contribution in [3.63, 3.8) is 0 Å². The molecule has 1 aliphatic heterocycles. The Kier molecular flexibility index (Phi) is 4.38. The van der Waals surface area contributed by atoms with E-state index in [0.29, 0.717) is 18.7 Å². The van der Waals surface area contributed by atoms with E-state index in [1.807, 2.05) is 25.3 Å². The van der Waals surface area contributed by atoms with Crippen molar-refractivity contribution >= 4 is 5.82 Å². The molecule has 0 radical (unpaired) electrons. The molecule has 1 aliphatic carbocycles. The van der Waals surface area contributed by atoms with Crippen LogP contribution in [0.1, 0.15) is 19.8 Å². The number of hydrogen-bond donors (Lipinski definition) is 1. The minimum absolute atomic E-state index is 0.332. The Hall–Kier alpha value is -1.33. The van der Waals surface area contributed by atoms with Gasteiger partial charge in [-0.05, 0) is 31.9 Å². The Morgan fingerprint density at radius 1 is 1.50 bits per heavy atom. The molecule has 0 amide bonds. The summed E-state index contributed by atoms with van der Waals surface area (Å²) in [4.78, 5) is 6.85. The van der Waals surface area contributed by atoms with Gasteiger partial charge in [0.15, 0.2) is 11.6 Å². The van der Waals surface area contributed by atoms with E-state index in [-0.39, 0.29) is 0 Å². The molecule has 1 N–H and O–H groups in total. The van der Waals surface area contributed by atoms with Gasteiger partial charge in [-0.1, -0.05) is 0 Å². The summed E-state index contributed by atoms with van der Waals surface area (Å²) in [6.45, 7) is 5.99. The number of morpholine rings is 1. The number of nitrogens with zero attached hydrogens (tertiary/aromatic N) is 2. The lowest BCUT2D eigenvalue weighted by Crippen LogP contribution is -2.51. The molecule has 2 fully saturated rings. The highest BCUT2D eigenvalue weighted by molar-refractivity contribution is 5.53. The number of nitrogens with one attached hydrogen (secondary N) is 1. The Balaban J connectivity index is 1.73. The summed E-state index contributed by atoms with van der Waals surface area (Å²) in [7, 11) is 0. The van der Waals surface area contributed by atoms with Crippen molar-refractivity contribution in [1.29, 1.82) is 0 Å². The number of ether oxygens (including phenoxy) is 2. The molecule has 1 unspecified atom stereocenters. The van der Waals surface area contributed by atoms with Gasteiger partial charge in [0.05, 0.1) is 25.9 Å². The second-order valence-electron chi connectivity index (χ2n) is 5.36. The van der Waals surface area contributed by atoms with Crippen molar-refractivity contribution in [3.05, 3.63) is 18.3 Å². The van der Waals surface area contributed by atoms with Crippen molar-refractivity contribution in [1.82, 2.24) is 10.3 Å².